The number of hydrogen-bond donors (Lipinski definition) is 0. The molecule has 0 bridgehead atoms. The minimum atomic E-state index is -0.874. The molecule has 0 saturated heterocycles. The number of methoxy groups -OCH3 is 1. The van der Waals surface area contributed by atoms with Crippen LogP contribution in [0.2, 0.25) is 0 Å². The lowest BCUT2D eigenvalue weighted by Crippen LogP contribution is -2.35. The van der Waals surface area contributed by atoms with Gasteiger partial charge in [0.15, 0.2) is 5.82 Å². The second kappa shape index (κ2) is 7.03. The van der Waals surface area contributed by atoms with Crippen molar-refractivity contribution in [2.45, 2.75) is 32.7 Å². The maximum Gasteiger partial charge on any atom is 0.329 e. The molecule has 0 aliphatic carbocycles. The van der Waals surface area contributed by atoms with Gasteiger partial charge in [-0.1, -0.05) is 26.3 Å². The second-order valence-electron chi connectivity index (χ2n) is 4.76. The van der Waals surface area contributed by atoms with E-state index in [9.17, 15) is 14.0 Å². The molecule has 5 heteroatoms. The van der Waals surface area contributed by atoms with Gasteiger partial charge in [0.2, 0.25) is 0 Å². The molecule has 0 spiro atoms. The van der Waals surface area contributed by atoms with Gasteiger partial charge in [0, 0.05) is 6.20 Å². The number of ether oxygens (including phenoxy) is 1. The summed E-state index contributed by atoms with van der Waals surface area (Å²) in [5.41, 5.74) is -0.220. The Morgan fingerprint density at radius 2 is 2.25 bits per heavy atom. The first-order valence-corrected chi connectivity index (χ1v) is 6.55. The summed E-state index contributed by atoms with van der Waals surface area (Å²) in [6, 6.07) is 0.350. The highest BCUT2D eigenvalue weighted by molar-refractivity contribution is 5.74. The van der Waals surface area contributed by atoms with Gasteiger partial charge in [-0.25, -0.2) is 9.18 Å². The van der Waals surface area contributed by atoms with E-state index in [1.165, 1.54) is 19.4 Å². The normalized spacial score (nSPS) is 13.6. The van der Waals surface area contributed by atoms with Crippen molar-refractivity contribution in [1.82, 2.24) is 4.57 Å². The van der Waals surface area contributed by atoms with E-state index in [-0.39, 0.29) is 5.92 Å². The van der Waals surface area contributed by atoms with E-state index in [1.54, 1.807) is 6.08 Å². The number of pyridine rings is 1. The lowest BCUT2D eigenvalue weighted by Gasteiger charge is -2.23. The monoisotopic (exact) mass is 281 g/mol. The second-order valence-corrected chi connectivity index (χ2v) is 4.76. The number of hydrogen-bond acceptors (Lipinski definition) is 3. The van der Waals surface area contributed by atoms with Gasteiger partial charge in [0.1, 0.15) is 6.04 Å². The molecule has 1 aromatic heterocycles. The Bertz CT molecular complexity index is 551. The first kappa shape index (κ1) is 16.1. The SMILES string of the molecule is C=CCc1cc(F)c(=O)n(C(C(=O)OC)[C@H](C)CC)c1. The average Bonchev–Trinajstić information content (AvgIpc) is 2.43. The molecule has 0 aliphatic rings. The molecule has 0 fully saturated rings. The van der Waals surface area contributed by atoms with Crippen LogP contribution in [0.25, 0.3) is 0 Å². The summed E-state index contributed by atoms with van der Waals surface area (Å²) in [6.45, 7) is 7.31. The van der Waals surface area contributed by atoms with Crippen molar-refractivity contribution < 1.29 is 13.9 Å². The van der Waals surface area contributed by atoms with E-state index in [0.29, 0.717) is 18.4 Å². The Kier molecular flexibility index (Phi) is 5.67. The predicted octanol–water partition coefficient (Wildman–Crippen LogP) is 2.48. The van der Waals surface area contributed by atoms with Gasteiger partial charge in [0.25, 0.3) is 5.56 Å². The molecule has 0 saturated carbocycles. The van der Waals surface area contributed by atoms with Crippen LogP contribution in [-0.4, -0.2) is 17.6 Å². The van der Waals surface area contributed by atoms with Crippen LogP contribution < -0.4 is 5.56 Å². The molecule has 4 nitrogen and oxygen atoms in total. The zero-order chi connectivity index (χ0) is 15.3. The number of carbonyl (C=O) groups is 1. The maximum absolute atomic E-state index is 13.7. The molecule has 1 rings (SSSR count). The lowest BCUT2D eigenvalue weighted by atomic mass is 9.98. The van der Waals surface area contributed by atoms with Crippen LogP contribution in [0.5, 0.6) is 0 Å². The Morgan fingerprint density at radius 3 is 2.75 bits per heavy atom. The van der Waals surface area contributed by atoms with Gasteiger partial charge >= 0.3 is 5.97 Å². The smallest absolute Gasteiger partial charge is 0.329 e. The number of rotatable bonds is 6. The Morgan fingerprint density at radius 1 is 1.60 bits per heavy atom. The molecule has 2 atom stereocenters. The van der Waals surface area contributed by atoms with E-state index in [4.69, 9.17) is 4.74 Å². The third-order valence-electron chi connectivity index (χ3n) is 3.36. The Balaban J connectivity index is 3.42. The third-order valence-corrected chi connectivity index (χ3v) is 3.36. The van der Waals surface area contributed by atoms with Crippen LogP contribution in [0.1, 0.15) is 31.9 Å². The van der Waals surface area contributed by atoms with Crippen LogP contribution >= 0.6 is 0 Å². The number of halogens is 1. The van der Waals surface area contributed by atoms with E-state index in [0.717, 1.165) is 4.57 Å². The molecule has 110 valence electrons. The lowest BCUT2D eigenvalue weighted by molar-refractivity contribution is -0.146. The summed E-state index contributed by atoms with van der Waals surface area (Å²) in [5.74, 6) is -1.56. The van der Waals surface area contributed by atoms with E-state index < -0.39 is 23.4 Å². The van der Waals surface area contributed by atoms with E-state index in [1.807, 2.05) is 13.8 Å². The van der Waals surface area contributed by atoms with Crippen molar-refractivity contribution in [3.05, 3.63) is 46.7 Å². The highest BCUT2D eigenvalue weighted by atomic mass is 19.1. The summed E-state index contributed by atoms with van der Waals surface area (Å²) in [6.07, 6.45) is 4.20. The zero-order valence-corrected chi connectivity index (χ0v) is 12.1. The summed E-state index contributed by atoms with van der Waals surface area (Å²) in [5, 5.41) is 0. The number of allylic oxidation sites excluding steroid dienone is 1. The fraction of sp³-hybridized carbons (Fsp3) is 0.467. The quantitative estimate of drug-likeness (QED) is 0.594. The summed E-state index contributed by atoms with van der Waals surface area (Å²) < 4.78 is 19.6. The summed E-state index contributed by atoms with van der Waals surface area (Å²) >= 11 is 0. The highest BCUT2D eigenvalue weighted by Gasteiger charge is 2.28. The Hall–Kier alpha value is -1.91. The van der Waals surface area contributed by atoms with Gasteiger partial charge in [-0.05, 0) is 24.0 Å². The average molecular weight is 281 g/mol. The molecular weight excluding hydrogens is 261 g/mol. The summed E-state index contributed by atoms with van der Waals surface area (Å²) in [7, 11) is 1.26. The van der Waals surface area contributed by atoms with Gasteiger partial charge in [0.05, 0.1) is 7.11 Å². The van der Waals surface area contributed by atoms with Crippen molar-refractivity contribution in [2.24, 2.45) is 5.92 Å². The van der Waals surface area contributed by atoms with Crippen molar-refractivity contribution in [3.8, 4) is 0 Å². The van der Waals surface area contributed by atoms with Crippen LogP contribution in [-0.2, 0) is 16.0 Å². The van der Waals surface area contributed by atoms with Gasteiger partial charge in [-0.2, -0.15) is 0 Å². The zero-order valence-electron chi connectivity index (χ0n) is 12.1. The van der Waals surface area contributed by atoms with E-state index in [2.05, 4.69) is 6.58 Å². The molecule has 0 N–H and O–H groups in total. The van der Waals surface area contributed by atoms with Crippen LogP contribution in [0.15, 0.2) is 29.7 Å². The van der Waals surface area contributed by atoms with Gasteiger partial charge in [-0.3, -0.25) is 9.36 Å². The first-order valence-electron chi connectivity index (χ1n) is 6.55. The van der Waals surface area contributed by atoms with Crippen molar-refractivity contribution in [2.75, 3.05) is 7.11 Å². The Labute approximate surface area is 117 Å². The molecule has 1 aromatic rings. The van der Waals surface area contributed by atoms with Gasteiger partial charge in [-0.15, -0.1) is 6.58 Å². The van der Waals surface area contributed by atoms with Crippen molar-refractivity contribution >= 4 is 5.97 Å². The molecule has 1 unspecified atom stereocenters. The minimum absolute atomic E-state index is 0.140. The largest absolute Gasteiger partial charge is 0.467 e. The molecule has 1 heterocycles. The standard InChI is InChI=1S/C15H20FNO3/c1-5-7-11-8-12(16)14(18)17(9-11)13(10(3)6-2)15(19)20-4/h5,8-10,13H,1,6-7H2,2-4H3/t10-,13?/m1/s1. The predicted molar refractivity (Wildman–Crippen MR) is 75.1 cm³/mol. The highest BCUT2D eigenvalue weighted by Crippen LogP contribution is 2.22. The number of carbonyl (C=O) groups excluding carboxylic acids is 1. The molecule has 0 amide bonds. The van der Waals surface area contributed by atoms with Crippen LogP contribution in [0, 0.1) is 11.7 Å². The summed E-state index contributed by atoms with van der Waals surface area (Å²) in [4.78, 5) is 23.9. The molecular formula is C15H20FNO3. The maximum atomic E-state index is 13.7. The fourth-order valence-electron chi connectivity index (χ4n) is 2.07. The molecule has 0 aromatic carbocycles. The van der Waals surface area contributed by atoms with Crippen LogP contribution in [0.3, 0.4) is 0 Å². The third kappa shape index (κ3) is 3.35. The number of nitrogens with zero attached hydrogens (tertiary/aromatic N) is 1. The fourth-order valence-corrected chi connectivity index (χ4v) is 2.07. The molecule has 0 aliphatic heterocycles. The van der Waals surface area contributed by atoms with Crippen LogP contribution in [0.4, 0.5) is 4.39 Å². The van der Waals surface area contributed by atoms with E-state index >= 15 is 0 Å². The van der Waals surface area contributed by atoms with Crippen molar-refractivity contribution in [3.63, 3.8) is 0 Å². The number of aromatic nitrogens is 1. The van der Waals surface area contributed by atoms with Crippen molar-refractivity contribution in [1.29, 1.82) is 0 Å². The van der Waals surface area contributed by atoms with Gasteiger partial charge < -0.3 is 4.74 Å². The number of esters is 1. The first-order chi connectivity index (χ1) is 9.46. The molecule has 0 radical (unpaired) electrons. The molecule has 20 heavy (non-hydrogen) atoms. The minimum Gasteiger partial charge on any atom is -0.467 e. The topological polar surface area (TPSA) is 48.3 Å².